The molecule has 3 aromatic rings. The molecule has 3 aromatic carbocycles. The molecule has 0 aromatic heterocycles. The molecule has 0 spiro atoms. The van der Waals surface area contributed by atoms with Gasteiger partial charge in [-0.3, -0.25) is 4.79 Å². The Morgan fingerprint density at radius 2 is 1.75 bits per heavy atom. The lowest BCUT2D eigenvalue weighted by molar-refractivity contribution is -0.120. The summed E-state index contributed by atoms with van der Waals surface area (Å²) in [6, 6.07) is 22.6. The highest BCUT2D eigenvalue weighted by atomic mass is 79.9. The number of amides is 1. The van der Waals surface area contributed by atoms with Gasteiger partial charge in [-0.1, -0.05) is 57.9 Å². The van der Waals surface area contributed by atoms with Gasteiger partial charge in [-0.2, -0.15) is 5.10 Å². The molecule has 1 amide bonds. The van der Waals surface area contributed by atoms with E-state index in [4.69, 9.17) is 16.3 Å². The van der Waals surface area contributed by atoms with Crippen molar-refractivity contribution >= 4 is 39.7 Å². The van der Waals surface area contributed by atoms with E-state index in [-0.39, 0.29) is 12.3 Å². The summed E-state index contributed by atoms with van der Waals surface area (Å²) in [6.45, 7) is 0.402. The van der Waals surface area contributed by atoms with E-state index in [2.05, 4.69) is 26.5 Å². The molecule has 28 heavy (non-hydrogen) atoms. The lowest BCUT2D eigenvalue weighted by Crippen LogP contribution is -2.19. The van der Waals surface area contributed by atoms with Crippen LogP contribution in [0.4, 0.5) is 0 Å². The molecule has 142 valence electrons. The maximum Gasteiger partial charge on any atom is 0.244 e. The number of nitrogens with one attached hydrogen (secondary N) is 1. The molecule has 0 atom stereocenters. The molecule has 0 heterocycles. The van der Waals surface area contributed by atoms with E-state index in [1.54, 1.807) is 6.21 Å². The van der Waals surface area contributed by atoms with Crippen LogP contribution in [0.3, 0.4) is 0 Å². The topological polar surface area (TPSA) is 50.7 Å². The third-order valence-electron chi connectivity index (χ3n) is 3.91. The third-order valence-corrected chi connectivity index (χ3v) is 4.81. The Balaban J connectivity index is 1.47. The van der Waals surface area contributed by atoms with Crippen LogP contribution < -0.4 is 10.2 Å². The van der Waals surface area contributed by atoms with E-state index >= 15 is 0 Å². The maximum atomic E-state index is 11.9. The van der Waals surface area contributed by atoms with Crippen molar-refractivity contribution in [3.63, 3.8) is 0 Å². The average molecular weight is 458 g/mol. The predicted octanol–water partition coefficient (Wildman–Crippen LogP) is 5.37. The second kappa shape index (κ2) is 10.1. The molecule has 0 saturated heterocycles. The molecule has 0 aliphatic heterocycles. The summed E-state index contributed by atoms with van der Waals surface area (Å²) in [6.07, 6.45) is 1.87. The fourth-order valence-electron chi connectivity index (χ4n) is 2.43. The lowest BCUT2D eigenvalue weighted by atomic mass is 10.1. The predicted molar refractivity (Wildman–Crippen MR) is 116 cm³/mol. The van der Waals surface area contributed by atoms with Crippen LogP contribution in [0.5, 0.6) is 5.75 Å². The third kappa shape index (κ3) is 6.22. The number of halogens is 2. The van der Waals surface area contributed by atoms with Crippen LogP contribution in [0, 0.1) is 0 Å². The van der Waals surface area contributed by atoms with Crippen molar-refractivity contribution in [1.82, 2.24) is 5.43 Å². The number of ether oxygens (including phenoxy) is 1. The van der Waals surface area contributed by atoms with Gasteiger partial charge in [-0.15, -0.1) is 0 Å². The number of nitrogens with zero attached hydrogens (tertiary/aromatic N) is 1. The van der Waals surface area contributed by atoms with Gasteiger partial charge in [0.1, 0.15) is 12.4 Å². The second-order valence-electron chi connectivity index (χ2n) is 6.05. The van der Waals surface area contributed by atoms with Gasteiger partial charge in [0.05, 0.1) is 12.6 Å². The zero-order chi connectivity index (χ0) is 19.8. The zero-order valence-corrected chi connectivity index (χ0v) is 17.3. The van der Waals surface area contributed by atoms with Crippen molar-refractivity contribution in [2.45, 2.75) is 13.0 Å². The smallest absolute Gasteiger partial charge is 0.244 e. The molecule has 0 unspecified atom stereocenters. The summed E-state index contributed by atoms with van der Waals surface area (Å²) in [5, 5.41) is 4.68. The molecular formula is C22H18BrClN2O2. The second-order valence-corrected chi connectivity index (χ2v) is 7.37. The Morgan fingerprint density at radius 1 is 1.04 bits per heavy atom. The SMILES string of the molecule is O=C(Cc1ccc(Br)cc1)N/N=C\c1ccc(OCc2ccccc2Cl)cc1. The van der Waals surface area contributed by atoms with Gasteiger partial charge in [0.15, 0.2) is 0 Å². The minimum atomic E-state index is -0.168. The van der Waals surface area contributed by atoms with E-state index < -0.39 is 0 Å². The minimum absolute atomic E-state index is 0.168. The van der Waals surface area contributed by atoms with Crippen molar-refractivity contribution in [3.8, 4) is 5.75 Å². The first-order valence-corrected chi connectivity index (χ1v) is 9.80. The number of benzene rings is 3. The summed E-state index contributed by atoms with van der Waals surface area (Å²) >= 11 is 9.49. The normalized spacial score (nSPS) is 10.8. The number of hydrazone groups is 1. The Bertz CT molecular complexity index is 957. The molecule has 0 aliphatic carbocycles. The van der Waals surface area contributed by atoms with E-state index in [1.165, 1.54) is 0 Å². The number of hydrogen-bond acceptors (Lipinski definition) is 3. The molecule has 0 saturated carbocycles. The number of carbonyl (C=O) groups excluding carboxylic acids is 1. The maximum absolute atomic E-state index is 11.9. The van der Waals surface area contributed by atoms with Gasteiger partial charge in [-0.05, 0) is 53.6 Å². The van der Waals surface area contributed by atoms with Crippen molar-refractivity contribution in [2.24, 2.45) is 5.10 Å². The van der Waals surface area contributed by atoms with Crippen LogP contribution >= 0.6 is 27.5 Å². The monoisotopic (exact) mass is 456 g/mol. The van der Waals surface area contributed by atoms with Crippen molar-refractivity contribution in [3.05, 3.63) is 99.0 Å². The van der Waals surface area contributed by atoms with Crippen molar-refractivity contribution in [2.75, 3.05) is 0 Å². The van der Waals surface area contributed by atoms with E-state index in [1.807, 2.05) is 72.8 Å². The van der Waals surface area contributed by atoms with Gasteiger partial charge in [0, 0.05) is 15.1 Å². The van der Waals surface area contributed by atoms with E-state index in [9.17, 15) is 4.79 Å². The Kier molecular flexibility index (Phi) is 7.23. The Labute approximate surface area is 177 Å². The van der Waals surface area contributed by atoms with Gasteiger partial charge in [0.2, 0.25) is 5.91 Å². The molecule has 3 rings (SSSR count). The highest BCUT2D eigenvalue weighted by Crippen LogP contribution is 2.18. The van der Waals surface area contributed by atoms with E-state index in [0.717, 1.165) is 26.9 Å². The Hall–Kier alpha value is -2.63. The molecule has 0 radical (unpaired) electrons. The van der Waals surface area contributed by atoms with Crippen LogP contribution in [-0.4, -0.2) is 12.1 Å². The lowest BCUT2D eigenvalue weighted by Gasteiger charge is -2.07. The minimum Gasteiger partial charge on any atom is -0.489 e. The van der Waals surface area contributed by atoms with Crippen LogP contribution in [0.1, 0.15) is 16.7 Å². The van der Waals surface area contributed by atoms with Crippen molar-refractivity contribution in [1.29, 1.82) is 0 Å². The van der Waals surface area contributed by atoms with Gasteiger partial charge in [0.25, 0.3) is 0 Å². The number of hydrogen-bond donors (Lipinski definition) is 1. The average Bonchev–Trinajstić information content (AvgIpc) is 2.70. The first kappa shape index (κ1) is 20.1. The fraction of sp³-hybridized carbons (Fsp3) is 0.0909. The quantitative estimate of drug-likeness (QED) is 0.383. The highest BCUT2D eigenvalue weighted by molar-refractivity contribution is 9.10. The summed E-state index contributed by atoms with van der Waals surface area (Å²) in [5.74, 6) is 0.564. The number of rotatable bonds is 7. The van der Waals surface area contributed by atoms with Crippen LogP contribution in [0.15, 0.2) is 82.4 Å². The van der Waals surface area contributed by atoms with Crippen LogP contribution in [0.2, 0.25) is 5.02 Å². The molecule has 0 aliphatic rings. The largest absolute Gasteiger partial charge is 0.489 e. The molecule has 0 fully saturated rings. The summed E-state index contributed by atoms with van der Waals surface area (Å²) in [7, 11) is 0. The first-order valence-electron chi connectivity index (χ1n) is 8.63. The zero-order valence-electron chi connectivity index (χ0n) is 14.9. The van der Waals surface area contributed by atoms with Gasteiger partial charge in [-0.25, -0.2) is 5.43 Å². The molecule has 6 heteroatoms. The van der Waals surface area contributed by atoms with E-state index in [0.29, 0.717) is 11.6 Å². The molecular weight excluding hydrogens is 440 g/mol. The molecule has 0 bridgehead atoms. The first-order chi connectivity index (χ1) is 13.6. The summed E-state index contributed by atoms with van der Waals surface area (Å²) in [5.41, 5.74) is 5.25. The highest BCUT2D eigenvalue weighted by Gasteiger charge is 2.02. The molecule has 1 N–H and O–H groups in total. The summed E-state index contributed by atoms with van der Waals surface area (Å²) in [4.78, 5) is 11.9. The fourth-order valence-corrected chi connectivity index (χ4v) is 2.89. The standard InChI is InChI=1S/C22H18BrClN2O2/c23-19-9-5-16(6-10-19)13-22(27)26-25-14-17-7-11-20(12-8-17)28-15-18-3-1-2-4-21(18)24/h1-12,14H,13,15H2,(H,26,27)/b25-14-. The van der Waals surface area contributed by atoms with Crippen LogP contribution in [-0.2, 0) is 17.8 Å². The van der Waals surface area contributed by atoms with Crippen molar-refractivity contribution < 1.29 is 9.53 Å². The van der Waals surface area contributed by atoms with Crippen LogP contribution in [0.25, 0.3) is 0 Å². The number of carbonyl (C=O) groups is 1. The molecule has 4 nitrogen and oxygen atoms in total. The van der Waals surface area contributed by atoms with Gasteiger partial charge < -0.3 is 4.74 Å². The Morgan fingerprint density at radius 3 is 2.46 bits per heavy atom. The summed E-state index contributed by atoms with van der Waals surface area (Å²) < 4.78 is 6.72. The van der Waals surface area contributed by atoms with Gasteiger partial charge >= 0.3 is 0 Å².